The number of amides is 1. The molecule has 1 atom stereocenters. The van der Waals surface area contributed by atoms with E-state index in [-0.39, 0.29) is 16.3 Å². The van der Waals surface area contributed by atoms with Crippen LogP contribution in [0.15, 0.2) is 70.8 Å². The molecule has 2 heterocycles. The maximum atomic E-state index is 13.0. The Morgan fingerprint density at radius 1 is 1.06 bits per heavy atom. The molecule has 0 saturated carbocycles. The number of ether oxygens (including phenoxy) is 1. The van der Waals surface area contributed by atoms with Gasteiger partial charge in [-0.15, -0.1) is 11.3 Å². The molecular weight excluding hydrogens is 440 g/mol. The van der Waals surface area contributed by atoms with Crippen LogP contribution in [0, 0.1) is 6.92 Å². The van der Waals surface area contributed by atoms with Gasteiger partial charge in [-0.05, 0) is 26.0 Å². The number of hydrogen-bond acceptors (Lipinski definition) is 6. The summed E-state index contributed by atoms with van der Waals surface area (Å²) in [4.78, 5) is 42.5. The van der Waals surface area contributed by atoms with Crippen LogP contribution in [0.25, 0.3) is 16.9 Å². The highest BCUT2D eigenvalue weighted by Gasteiger charge is 2.24. The van der Waals surface area contributed by atoms with Crippen molar-refractivity contribution in [3.63, 3.8) is 0 Å². The lowest BCUT2D eigenvalue weighted by molar-refractivity contribution is -0.123. The number of anilines is 1. The van der Waals surface area contributed by atoms with Crippen LogP contribution in [-0.2, 0) is 16.6 Å². The monoisotopic (exact) mass is 462 g/mol. The Hall–Kier alpha value is -3.98. The molecule has 168 valence electrons. The number of nitrogens with one attached hydrogen (secondary N) is 1. The van der Waals surface area contributed by atoms with Crippen LogP contribution in [0.4, 0.5) is 5.69 Å². The van der Waals surface area contributed by atoms with Crippen LogP contribution in [0.5, 0.6) is 0 Å². The van der Waals surface area contributed by atoms with Crippen molar-refractivity contribution in [1.29, 1.82) is 0 Å². The molecule has 0 bridgehead atoms. The number of para-hydroxylation sites is 1. The number of carbonyl (C=O) groups excluding carboxylic acids is 2. The summed E-state index contributed by atoms with van der Waals surface area (Å²) in [6.07, 6.45) is -1.12. The topological polar surface area (TPSA) is 95.2 Å². The highest BCUT2D eigenvalue weighted by atomic mass is 32.1. The first-order valence-electron chi connectivity index (χ1n) is 10.2. The third-order valence-electron chi connectivity index (χ3n) is 5.20. The summed E-state index contributed by atoms with van der Waals surface area (Å²) in [5, 5.41) is 4.52. The van der Waals surface area contributed by atoms with Gasteiger partial charge in [-0.1, -0.05) is 48.5 Å². The van der Waals surface area contributed by atoms with Crippen LogP contribution in [0.3, 0.4) is 0 Å². The fraction of sp³-hybridized carbons (Fsp3) is 0.167. The van der Waals surface area contributed by atoms with Crippen molar-refractivity contribution in [3.05, 3.63) is 87.1 Å². The summed E-state index contributed by atoms with van der Waals surface area (Å²) in [7, 11) is 1.73. The lowest BCUT2D eigenvalue weighted by Gasteiger charge is -2.12. The van der Waals surface area contributed by atoms with Crippen LogP contribution < -0.4 is 10.9 Å². The Kier molecular flexibility index (Phi) is 6.23. The van der Waals surface area contributed by atoms with Gasteiger partial charge in [0, 0.05) is 18.0 Å². The van der Waals surface area contributed by atoms with E-state index in [9.17, 15) is 14.4 Å². The van der Waals surface area contributed by atoms with Gasteiger partial charge in [0.25, 0.3) is 11.5 Å². The molecule has 0 unspecified atom stereocenters. The highest BCUT2D eigenvalue weighted by Crippen LogP contribution is 2.22. The number of aromatic nitrogens is 3. The van der Waals surface area contributed by atoms with E-state index in [0.717, 1.165) is 16.9 Å². The molecule has 0 fully saturated rings. The van der Waals surface area contributed by atoms with Crippen molar-refractivity contribution in [2.24, 2.45) is 7.05 Å². The van der Waals surface area contributed by atoms with Gasteiger partial charge in [0.2, 0.25) is 5.01 Å². The van der Waals surface area contributed by atoms with Crippen molar-refractivity contribution in [3.8, 4) is 16.9 Å². The van der Waals surface area contributed by atoms with Gasteiger partial charge in [0.15, 0.2) is 6.10 Å². The fourth-order valence-corrected chi connectivity index (χ4v) is 4.02. The summed E-state index contributed by atoms with van der Waals surface area (Å²) < 4.78 is 8.42. The van der Waals surface area contributed by atoms with E-state index in [1.807, 2.05) is 48.5 Å². The zero-order valence-corrected chi connectivity index (χ0v) is 19.1. The molecular formula is C24H22N4O4S. The minimum Gasteiger partial charge on any atom is -0.447 e. The van der Waals surface area contributed by atoms with Gasteiger partial charge in [0.1, 0.15) is 5.69 Å². The molecule has 0 spiro atoms. The predicted molar refractivity (Wildman–Crippen MR) is 127 cm³/mol. The zero-order valence-electron chi connectivity index (χ0n) is 18.3. The van der Waals surface area contributed by atoms with Gasteiger partial charge in [-0.25, -0.2) is 14.5 Å². The van der Waals surface area contributed by atoms with Gasteiger partial charge in [0.05, 0.1) is 17.1 Å². The Labute approximate surface area is 194 Å². The number of hydrogen-bond donors (Lipinski definition) is 1. The molecule has 0 saturated heterocycles. The van der Waals surface area contributed by atoms with Crippen LogP contribution in [0.1, 0.15) is 22.4 Å². The van der Waals surface area contributed by atoms with E-state index in [2.05, 4.69) is 10.3 Å². The third kappa shape index (κ3) is 4.49. The van der Waals surface area contributed by atoms with Gasteiger partial charge in [-0.3, -0.25) is 14.3 Å². The van der Waals surface area contributed by atoms with E-state index in [4.69, 9.17) is 4.74 Å². The molecule has 0 aliphatic rings. The smallest absolute Gasteiger partial charge is 0.368 e. The lowest BCUT2D eigenvalue weighted by Crippen LogP contribution is -2.32. The average Bonchev–Trinajstić information content (AvgIpc) is 3.40. The van der Waals surface area contributed by atoms with Gasteiger partial charge in [-0.2, -0.15) is 0 Å². The normalized spacial score (nSPS) is 11.7. The molecule has 1 N–H and O–H groups in total. The fourth-order valence-electron chi connectivity index (χ4n) is 3.31. The van der Waals surface area contributed by atoms with E-state index >= 15 is 0 Å². The van der Waals surface area contributed by atoms with Crippen molar-refractivity contribution in [2.75, 3.05) is 5.32 Å². The largest absolute Gasteiger partial charge is 0.447 e. The number of thiazole rings is 1. The molecule has 8 nitrogen and oxygen atoms in total. The minimum atomic E-state index is -1.12. The molecule has 0 aliphatic heterocycles. The maximum absolute atomic E-state index is 13.0. The van der Waals surface area contributed by atoms with E-state index in [1.54, 1.807) is 36.2 Å². The molecule has 2 aromatic carbocycles. The Morgan fingerprint density at radius 3 is 2.36 bits per heavy atom. The summed E-state index contributed by atoms with van der Waals surface area (Å²) in [5.74, 6) is -1.30. The van der Waals surface area contributed by atoms with Gasteiger partial charge >= 0.3 is 5.97 Å². The first-order valence-corrected chi connectivity index (χ1v) is 11.1. The molecule has 1 amide bonds. The average molecular weight is 463 g/mol. The van der Waals surface area contributed by atoms with E-state index in [0.29, 0.717) is 17.1 Å². The Bertz CT molecular complexity index is 1360. The molecule has 9 heteroatoms. The first kappa shape index (κ1) is 22.2. The second kappa shape index (κ2) is 9.25. The van der Waals surface area contributed by atoms with E-state index in [1.165, 1.54) is 11.6 Å². The Balaban J connectivity index is 1.47. The van der Waals surface area contributed by atoms with Gasteiger partial charge < -0.3 is 10.1 Å². The predicted octanol–water partition coefficient (Wildman–Crippen LogP) is 3.79. The van der Waals surface area contributed by atoms with Crippen LogP contribution in [0.2, 0.25) is 0 Å². The number of nitrogens with zero attached hydrogens (tertiary/aromatic N) is 3. The van der Waals surface area contributed by atoms with Crippen LogP contribution in [-0.4, -0.2) is 32.3 Å². The SMILES string of the molecule is Cc1c(NC(=O)[C@@H](C)OC(=O)c2nc(-c3ccccc3)cs2)c(=O)n(-c2ccccc2)n1C. The van der Waals surface area contributed by atoms with Crippen molar-refractivity contribution < 1.29 is 14.3 Å². The number of rotatable bonds is 6. The second-order valence-electron chi connectivity index (χ2n) is 7.38. The summed E-state index contributed by atoms with van der Waals surface area (Å²) >= 11 is 1.14. The quantitative estimate of drug-likeness (QED) is 0.440. The number of benzene rings is 2. The standard InChI is InChI=1S/C24H22N4O4S/c1-15-20(23(30)28(27(15)3)18-12-8-5-9-13-18)26-21(29)16(2)32-24(31)22-25-19(14-33-22)17-10-6-4-7-11-17/h4-14,16H,1-3H3,(H,26,29)/t16-/m1/s1. The molecule has 4 aromatic rings. The molecule has 0 aliphatic carbocycles. The minimum absolute atomic E-state index is 0.134. The molecule has 2 aromatic heterocycles. The Morgan fingerprint density at radius 2 is 1.70 bits per heavy atom. The first-order chi connectivity index (χ1) is 15.9. The van der Waals surface area contributed by atoms with E-state index < -0.39 is 18.0 Å². The summed E-state index contributed by atoms with van der Waals surface area (Å²) in [6.45, 7) is 3.18. The summed E-state index contributed by atoms with van der Waals surface area (Å²) in [5.41, 5.74) is 2.54. The molecule has 0 radical (unpaired) electrons. The zero-order chi connectivity index (χ0) is 23.5. The van der Waals surface area contributed by atoms with Crippen molar-refractivity contribution in [2.45, 2.75) is 20.0 Å². The number of esters is 1. The number of carbonyl (C=O) groups is 2. The second-order valence-corrected chi connectivity index (χ2v) is 8.24. The maximum Gasteiger partial charge on any atom is 0.368 e. The third-order valence-corrected chi connectivity index (χ3v) is 6.03. The lowest BCUT2D eigenvalue weighted by atomic mass is 10.2. The van der Waals surface area contributed by atoms with Crippen molar-refractivity contribution in [1.82, 2.24) is 14.3 Å². The van der Waals surface area contributed by atoms with Crippen molar-refractivity contribution >= 4 is 28.9 Å². The molecule has 33 heavy (non-hydrogen) atoms. The summed E-state index contributed by atoms with van der Waals surface area (Å²) in [6, 6.07) is 18.6. The molecule has 4 rings (SSSR count). The van der Waals surface area contributed by atoms with Crippen LogP contribution >= 0.6 is 11.3 Å². The highest BCUT2D eigenvalue weighted by molar-refractivity contribution is 7.11.